The minimum Gasteiger partial charge on any atom is -0.352 e. The molecule has 1 aliphatic heterocycles. The molecule has 1 fully saturated rings. The maximum atomic E-state index is 12.7. The first-order valence-electron chi connectivity index (χ1n) is 9.86. The zero-order valence-electron chi connectivity index (χ0n) is 16.5. The molecule has 0 aromatic heterocycles. The summed E-state index contributed by atoms with van der Waals surface area (Å²) in [6, 6.07) is 15.6. The van der Waals surface area contributed by atoms with Crippen molar-refractivity contribution in [1.82, 2.24) is 16.0 Å². The molecule has 29 heavy (non-hydrogen) atoms. The van der Waals surface area contributed by atoms with Crippen molar-refractivity contribution in [1.29, 1.82) is 0 Å². The van der Waals surface area contributed by atoms with E-state index >= 15 is 0 Å². The molecule has 1 unspecified atom stereocenters. The van der Waals surface area contributed by atoms with Gasteiger partial charge in [-0.05, 0) is 49.6 Å². The Bertz CT molecular complexity index is 852. The van der Waals surface area contributed by atoms with Crippen LogP contribution in [0.25, 0.3) is 0 Å². The van der Waals surface area contributed by atoms with Crippen molar-refractivity contribution in [3.05, 3.63) is 65.7 Å². The predicted molar refractivity (Wildman–Crippen MR) is 112 cm³/mol. The molecule has 2 aromatic carbocycles. The fraction of sp³-hybridized carbons (Fsp3) is 0.318. The molecule has 7 heteroatoms. The van der Waals surface area contributed by atoms with Gasteiger partial charge in [-0.1, -0.05) is 30.3 Å². The molecular weight excluding hydrogens is 368 g/mol. The molecule has 4 amide bonds. The number of hydrogen-bond donors (Lipinski definition) is 3. The molecule has 7 nitrogen and oxygen atoms in total. The van der Waals surface area contributed by atoms with Gasteiger partial charge in [-0.2, -0.15) is 0 Å². The Kier molecular flexibility index (Phi) is 6.84. The average Bonchev–Trinajstić information content (AvgIpc) is 2.75. The first-order valence-corrected chi connectivity index (χ1v) is 9.86. The van der Waals surface area contributed by atoms with E-state index in [-0.39, 0.29) is 17.8 Å². The number of benzene rings is 2. The van der Waals surface area contributed by atoms with E-state index < -0.39 is 6.04 Å². The first kappa shape index (κ1) is 20.4. The lowest BCUT2D eigenvalue weighted by atomic mass is 10.0. The molecule has 3 rings (SSSR count). The van der Waals surface area contributed by atoms with Gasteiger partial charge in [0.15, 0.2) is 0 Å². The second kappa shape index (κ2) is 9.73. The minimum absolute atomic E-state index is 0.0936. The number of para-hydroxylation sites is 1. The SMILES string of the molecule is CCNC(=O)c1ccc(CNC(=O)NC2CCCN(c3ccccc3)C2=O)cc1. The van der Waals surface area contributed by atoms with E-state index in [0.717, 1.165) is 17.7 Å². The zero-order chi connectivity index (χ0) is 20.6. The third-order valence-electron chi connectivity index (χ3n) is 4.82. The molecule has 1 aliphatic rings. The number of amides is 4. The van der Waals surface area contributed by atoms with Crippen molar-refractivity contribution < 1.29 is 14.4 Å². The number of carbonyl (C=O) groups is 3. The fourth-order valence-corrected chi connectivity index (χ4v) is 3.30. The van der Waals surface area contributed by atoms with Crippen LogP contribution in [0.2, 0.25) is 0 Å². The lowest BCUT2D eigenvalue weighted by Gasteiger charge is -2.32. The van der Waals surface area contributed by atoms with E-state index in [9.17, 15) is 14.4 Å². The number of urea groups is 1. The van der Waals surface area contributed by atoms with Crippen LogP contribution in [0.15, 0.2) is 54.6 Å². The van der Waals surface area contributed by atoms with E-state index in [1.807, 2.05) is 37.3 Å². The molecule has 0 bridgehead atoms. The van der Waals surface area contributed by atoms with Gasteiger partial charge in [0, 0.05) is 30.9 Å². The van der Waals surface area contributed by atoms with Crippen LogP contribution in [0.3, 0.4) is 0 Å². The molecule has 3 N–H and O–H groups in total. The van der Waals surface area contributed by atoms with E-state index in [2.05, 4.69) is 16.0 Å². The molecule has 0 spiro atoms. The van der Waals surface area contributed by atoms with Crippen molar-refractivity contribution >= 4 is 23.5 Å². The quantitative estimate of drug-likeness (QED) is 0.703. The largest absolute Gasteiger partial charge is 0.352 e. The van der Waals surface area contributed by atoms with Crippen molar-refractivity contribution in [2.45, 2.75) is 32.4 Å². The third kappa shape index (κ3) is 5.34. The summed E-state index contributed by atoms with van der Waals surface area (Å²) < 4.78 is 0. The maximum absolute atomic E-state index is 12.7. The first-order chi connectivity index (χ1) is 14.1. The number of nitrogens with zero attached hydrogens (tertiary/aromatic N) is 1. The Labute approximate surface area is 170 Å². The Morgan fingerprint density at radius 3 is 2.45 bits per heavy atom. The average molecular weight is 394 g/mol. The monoisotopic (exact) mass is 394 g/mol. The van der Waals surface area contributed by atoms with Gasteiger partial charge in [-0.25, -0.2) is 4.79 Å². The van der Waals surface area contributed by atoms with Crippen LogP contribution in [0.1, 0.15) is 35.7 Å². The van der Waals surface area contributed by atoms with Gasteiger partial charge in [0.25, 0.3) is 5.91 Å². The normalized spacial score (nSPS) is 16.2. The minimum atomic E-state index is -0.538. The summed E-state index contributed by atoms with van der Waals surface area (Å²) in [5.41, 5.74) is 2.29. The topological polar surface area (TPSA) is 90.5 Å². The Morgan fingerprint density at radius 1 is 1.03 bits per heavy atom. The van der Waals surface area contributed by atoms with E-state index in [1.165, 1.54) is 0 Å². The second-order valence-electron chi connectivity index (χ2n) is 6.90. The van der Waals surface area contributed by atoms with E-state index in [1.54, 1.807) is 29.2 Å². The Hall–Kier alpha value is -3.35. The van der Waals surface area contributed by atoms with Crippen LogP contribution >= 0.6 is 0 Å². The van der Waals surface area contributed by atoms with Crippen molar-refractivity contribution in [2.75, 3.05) is 18.0 Å². The van der Waals surface area contributed by atoms with Crippen LogP contribution in [0, 0.1) is 0 Å². The predicted octanol–water partition coefficient (Wildman–Crippen LogP) is 2.43. The number of carbonyl (C=O) groups excluding carboxylic acids is 3. The highest BCUT2D eigenvalue weighted by Crippen LogP contribution is 2.20. The molecule has 152 valence electrons. The van der Waals surface area contributed by atoms with Crippen molar-refractivity contribution in [3.8, 4) is 0 Å². The Balaban J connectivity index is 1.51. The number of hydrogen-bond acceptors (Lipinski definition) is 3. The summed E-state index contributed by atoms with van der Waals surface area (Å²) in [7, 11) is 0. The second-order valence-corrected chi connectivity index (χ2v) is 6.90. The highest BCUT2D eigenvalue weighted by Gasteiger charge is 2.30. The van der Waals surface area contributed by atoms with Crippen LogP contribution in [0.4, 0.5) is 10.5 Å². The molecule has 0 saturated carbocycles. The summed E-state index contributed by atoms with van der Waals surface area (Å²) in [6.45, 7) is 3.40. The van der Waals surface area contributed by atoms with Gasteiger partial charge in [-0.15, -0.1) is 0 Å². The van der Waals surface area contributed by atoms with E-state index in [4.69, 9.17) is 0 Å². The molecular formula is C22H26N4O3. The van der Waals surface area contributed by atoms with Gasteiger partial charge >= 0.3 is 6.03 Å². The summed E-state index contributed by atoms with van der Waals surface area (Å²) >= 11 is 0. The molecule has 0 radical (unpaired) electrons. The van der Waals surface area contributed by atoms with Crippen molar-refractivity contribution in [3.63, 3.8) is 0 Å². The van der Waals surface area contributed by atoms with Gasteiger partial charge in [-0.3, -0.25) is 9.59 Å². The lowest BCUT2D eigenvalue weighted by molar-refractivity contribution is -0.121. The van der Waals surface area contributed by atoms with Gasteiger partial charge in [0.05, 0.1) is 0 Å². The molecule has 0 aliphatic carbocycles. The Morgan fingerprint density at radius 2 is 1.76 bits per heavy atom. The molecule has 1 atom stereocenters. The zero-order valence-corrected chi connectivity index (χ0v) is 16.5. The van der Waals surface area contributed by atoms with Crippen molar-refractivity contribution in [2.24, 2.45) is 0 Å². The number of nitrogens with one attached hydrogen (secondary N) is 3. The third-order valence-corrected chi connectivity index (χ3v) is 4.82. The van der Waals surface area contributed by atoms with Crippen LogP contribution in [-0.4, -0.2) is 37.0 Å². The molecule has 1 heterocycles. The number of anilines is 1. The lowest BCUT2D eigenvalue weighted by Crippen LogP contribution is -2.54. The number of rotatable bonds is 6. The van der Waals surface area contributed by atoms with Gasteiger partial charge < -0.3 is 20.9 Å². The fourth-order valence-electron chi connectivity index (χ4n) is 3.30. The summed E-state index contributed by atoms with van der Waals surface area (Å²) in [6.07, 6.45) is 1.45. The summed E-state index contributed by atoms with van der Waals surface area (Å²) in [5, 5.41) is 8.30. The van der Waals surface area contributed by atoms with Crippen LogP contribution in [0.5, 0.6) is 0 Å². The number of piperidine rings is 1. The maximum Gasteiger partial charge on any atom is 0.315 e. The smallest absolute Gasteiger partial charge is 0.315 e. The highest BCUT2D eigenvalue weighted by molar-refractivity contribution is 5.99. The van der Waals surface area contributed by atoms with Gasteiger partial charge in [0.2, 0.25) is 5.91 Å². The summed E-state index contributed by atoms with van der Waals surface area (Å²) in [4.78, 5) is 38.5. The molecule has 1 saturated heterocycles. The molecule has 2 aromatic rings. The van der Waals surface area contributed by atoms with Crippen LogP contribution < -0.4 is 20.9 Å². The highest BCUT2D eigenvalue weighted by atomic mass is 16.2. The van der Waals surface area contributed by atoms with Crippen LogP contribution in [-0.2, 0) is 11.3 Å². The van der Waals surface area contributed by atoms with E-state index in [0.29, 0.717) is 31.6 Å². The summed E-state index contributed by atoms with van der Waals surface area (Å²) in [5.74, 6) is -0.215. The standard InChI is InChI=1S/C22H26N4O3/c1-2-23-20(27)17-12-10-16(11-13-17)15-24-22(29)25-19-9-6-14-26(21(19)28)18-7-4-3-5-8-18/h3-5,7-8,10-13,19H,2,6,9,14-15H2,1H3,(H,23,27)(H2,24,25,29). The van der Waals surface area contributed by atoms with Gasteiger partial charge in [0.1, 0.15) is 6.04 Å².